The number of nitrogens with one attached hydrogen (secondary N) is 1. The summed E-state index contributed by atoms with van der Waals surface area (Å²) in [5, 5.41) is 10.4. The van der Waals surface area contributed by atoms with E-state index >= 15 is 0 Å². The molecule has 29 heavy (non-hydrogen) atoms. The predicted octanol–water partition coefficient (Wildman–Crippen LogP) is 6.60. The Labute approximate surface area is 184 Å². The number of hydrogen-bond donors (Lipinski definition) is 2. The van der Waals surface area contributed by atoms with Gasteiger partial charge in [0, 0.05) is 11.8 Å². The normalized spacial score (nSPS) is 49.2. The van der Waals surface area contributed by atoms with E-state index in [0.717, 1.165) is 42.3 Å². The lowest BCUT2D eigenvalue weighted by Crippen LogP contribution is -2.60. The van der Waals surface area contributed by atoms with Crippen molar-refractivity contribution in [1.82, 2.24) is 4.72 Å². The molecule has 0 spiro atoms. The molecule has 0 aromatic heterocycles. The molecule has 9 atom stereocenters. The van der Waals surface area contributed by atoms with E-state index in [2.05, 4.69) is 38.1 Å². The molecule has 0 aliphatic heterocycles. The van der Waals surface area contributed by atoms with Gasteiger partial charge in [-0.3, -0.25) is 4.72 Å². The topological polar surface area (TPSA) is 32.3 Å². The minimum Gasteiger partial charge on any atom is -0.393 e. The van der Waals surface area contributed by atoms with E-state index in [4.69, 9.17) is 0 Å². The lowest BCUT2D eigenvalue weighted by Gasteiger charge is -2.63. The molecule has 4 rings (SSSR count). The smallest absolute Gasteiger partial charge is 0.0543 e. The average molecular weight is 420 g/mol. The van der Waals surface area contributed by atoms with Crippen molar-refractivity contribution in [3.05, 3.63) is 12.7 Å². The summed E-state index contributed by atoms with van der Waals surface area (Å²) < 4.78 is 3.95. The van der Waals surface area contributed by atoms with Gasteiger partial charge in [0.15, 0.2) is 0 Å². The van der Waals surface area contributed by atoms with E-state index in [-0.39, 0.29) is 6.10 Å². The molecular formula is C26H45NOS. The standard InChI is InChI=1S/C26H45NOS/c1-5-7-8-9-18-10-11-21-24-22(13-15-25(18,21)3)26(4)14-12-20(28)16-19(26)17-23(24)27-29-6-2/h5,18-24,27-28H,1,6-17H2,2-4H3/t18?,19?,20-,21?,22?,23?,24?,25?,26?/m1/s1. The van der Waals surface area contributed by atoms with Crippen LogP contribution in [0.3, 0.4) is 0 Å². The Balaban J connectivity index is 1.59. The van der Waals surface area contributed by atoms with Crippen LogP contribution in [0.25, 0.3) is 0 Å². The van der Waals surface area contributed by atoms with E-state index in [1.54, 1.807) is 0 Å². The third-order valence-corrected chi connectivity index (χ3v) is 11.0. The van der Waals surface area contributed by atoms with Crippen LogP contribution in [0.2, 0.25) is 0 Å². The van der Waals surface area contributed by atoms with Crippen LogP contribution < -0.4 is 4.72 Å². The van der Waals surface area contributed by atoms with Gasteiger partial charge in [0.25, 0.3) is 0 Å². The Hall–Kier alpha value is 0.01000. The van der Waals surface area contributed by atoms with Gasteiger partial charge in [0.2, 0.25) is 0 Å². The van der Waals surface area contributed by atoms with Crippen molar-refractivity contribution in [2.45, 2.75) is 104 Å². The van der Waals surface area contributed by atoms with Gasteiger partial charge in [-0.1, -0.05) is 38.8 Å². The maximum absolute atomic E-state index is 10.4. The van der Waals surface area contributed by atoms with Crippen LogP contribution in [-0.4, -0.2) is 23.0 Å². The molecule has 166 valence electrons. The second-order valence-corrected chi connectivity index (χ2v) is 12.5. The van der Waals surface area contributed by atoms with Gasteiger partial charge in [-0.15, -0.1) is 6.58 Å². The van der Waals surface area contributed by atoms with E-state index in [0.29, 0.717) is 22.8 Å². The first kappa shape index (κ1) is 22.2. The molecule has 0 bridgehead atoms. The minimum absolute atomic E-state index is 0.0568. The third kappa shape index (κ3) is 3.87. The Morgan fingerprint density at radius 1 is 1.07 bits per heavy atom. The first-order valence-electron chi connectivity index (χ1n) is 12.6. The molecule has 0 aromatic carbocycles. The zero-order valence-corrected chi connectivity index (χ0v) is 20.0. The number of fused-ring (bicyclic) bond motifs is 5. The Morgan fingerprint density at radius 3 is 2.59 bits per heavy atom. The first-order valence-corrected chi connectivity index (χ1v) is 13.6. The van der Waals surface area contributed by atoms with Gasteiger partial charge in [-0.2, -0.15) is 0 Å². The fraction of sp³-hybridized carbons (Fsp3) is 0.923. The molecule has 0 saturated heterocycles. The van der Waals surface area contributed by atoms with Gasteiger partial charge >= 0.3 is 0 Å². The van der Waals surface area contributed by atoms with Crippen molar-refractivity contribution in [3.8, 4) is 0 Å². The number of aliphatic hydroxyl groups is 1. The van der Waals surface area contributed by atoms with Crippen LogP contribution in [0.1, 0.15) is 91.4 Å². The van der Waals surface area contributed by atoms with Crippen LogP contribution in [0.4, 0.5) is 0 Å². The van der Waals surface area contributed by atoms with Crippen LogP contribution in [0.15, 0.2) is 12.7 Å². The van der Waals surface area contributed by atoms with Gasteiger partial charge in [0.1, 0.15) is 0 Å². The zero-order chi connectivity index (χ0) is 20.6. The molecular weight excluding hydrogens is 374 g/mol. The number of aliphatic hydroxyl groups excluding tert-OH is 1. The van der Waals surface area contributed by atoms with Gasteiger partial charge in [-0.25, -0.2) is 0 Å². The molecule has 2 N–H and O–H groups in total. The number of rotatable bonds is 7. The molecule has 0 heterocycles. The fourth-order valence-electron chi connectivity index (χ4n) is 8.65. The molecule has 8 unspecified atom stereocenters. The van der Waals surface area contributed by atoms with Gasteiger partial charge < -0.3 is 5.11 Å². The van der Waals surface area contributed by atoms with Crippen LogP contribution in [0, 0.1) is 40.4 Å². The molecule has 4 aliphatic rings. The summed E-state index contributed by atoms with van der Waals surface area (Å²) in [6.45, 7) is 11.5. The highest BCUT2D eigenvalue weighted by Gasteiger charge is 2.62. The summed E-state index contributed by atoms with van der Waals surface area (Å²) in [5.41, 5.74) is 1.01. The van der Waals surface area contributed by atoms with Crippen LogP contribution in [-0.2, 0) is 0 Å². The SMILES string of the molecule is C=CCCCC1CCC2C3C(NSCC)CC4C[C@H](O)CCC4(C)C3CCC12C. The summed E-state index contributed by atoms with van der Waals surface area (Å²) in [5.74, 6) is 5.37. The van der Waals surface area contributed by atoms with Crippen molar-refractivity contribution in [2.75, 3.05) is 5.75 Å². The van der Waals surface area contributed by atoms with Crippen LogP contribution >= 0.6 is 11.9 Å². The third-order valence-electron chi connectivity index (χ3n) is 10.2. The Morgan fingerprint density at radius 2 is 1.83 bits per heavy atom. The van der Waals surface area contributed by atoms with E-state index in [9.17, 15) is 5.11 Å². The molecule has 0 amide bonds. The lowest BCUT2D eigenvalue weighted by atomic mass is 9.43. The van der Waals surface area contributed by atoms with Crippen LogP contribution in [0.5, 0.6) is 0 Å². The van der Waals surface area contributed by atoms with E-state index in [1.807, 2.05) is 11.9 Å². The maximum Gasteiger partial charge on any atom is 0.0543 e. The molecule has 2 nitrogen and oxygen atoms in total. The minimum atomic E-state index is -0.0568. The van der Waals surface area contributed by atoms with Crippen molar-refractivity contribution < 1.29 is 5.11 Å². The van der Waals surface area contributed by atoms with Crippen molar-refractivity contribution >= 4 is 11.9 Å². The molecule has 4 aliphatic carbocycles. The van der Waals surface area contributed by atoms with E-state index < -0.39 is 0 Å². The van der Waals surface area contributed by atoms with Gasteiger partial charge in [-0.05, 0) is 111 Å². The average Bonchev–Trinajstić information content (AvgIpc) is 3.04. The van der Waals surface area contributed by atoms with Crippen molar-refractivity contribution in [1.29, 1.82) is 0 Å². The fourth-order valence-corrected chi connectivity index (χ4v) is 9.28. The summed E-state index contributed by atoms with van der Waals surface area (Å²) >= 11 is 1.94. The zero-order valence-electron chi connectivity index (χ0n) is 19.2. The second-order valence-electron chi connectivity index (χ2n) is 11.4. The second kappa shape index (κ2) is 8.87. The Bertz CT molecular complexity index is 581. The number of unbranched alkanes of at least 4 members (excludes halogenated alkanes) is 1. The monoisotopic (exact) mass is 419 g/mol. The largest absolute Gasteiger partial charge is 0.393 e. The maximum atomic E-state index is 10.4. The predicted molar refractivity (Wildman–Crippen MR) is 126 cm³/mol. The highest BCUT2D eigenvalue weighted by molar-refractivity contribution is 7.97. The molecule has 0 aromatic rings. The first-order chi connectivity index (χ1) is 13.9. The number of hydrogen-bond acceptors (Lipinski definition) is 3. The molecule has 4 fully saturated rings. The summed E-state index contributed by atoms with van der Waals surface area (Å²) in [6, 6.07) is 0.643. The van der Waals surface area contributed by atoms with Gasteiger partial charge in [0.05, 0.1) is 6.10 Å². The van der Waals surface area contributed by atoms with Crippen molar-refractivity contribution in [2.24, 2.45) is 40.4 Å². The van der Waals surface area contributed by atoms with Crippen molar-refractivity contribution in [3.63, 3.8) is 0 Å². The Kier molecular flexibility index (Phi) is 6.79. The summed E-state index contributed by atoms with van der Waals surface area (Å²) in [6.07, 6.45) is 16.3. The highest BCUT2D eigenvalue weighted by Crippen LogP contribution is 2.68. The summed E-state index contributed by atoms with van der Waals surface area (Å²) in [7, 11) is 0. The number of allylic oxidation sites excluding steroid dienone is 1. The molecule has 0 radical (unpaired) electrons. The summed E-state index contributed by atoms with van der Waals surface area (Å²) in [4.78, 5) is 0. The van der Waals surface area contributed by atoms with E-state index in [1.165, 1.54) is 57.8 Å². The quantitative estimate of drug-likeness (QED) is 0.277. The molecule has 4 saturated carbocycles. The lowest BCUT2D eigenvalue weighted by molar-refractivity contribution is -0.136. The highest BCUT2D eigenvalue weighted by atomic mass is 32.2. The molecule has 3 heteroatoms.